The number of nitrogens with zero attached hydrogens (tertiary/aromatic N) is 6. The summed E-state index contributed by atoms with van der Waals surface area (Å²) in [5, 5.41) is 1.41. The number of nitrogens with two attached hydrogens (primary N) is 1. The van der Waals surface area contributed by atoms with Crippen LogP contribution in [-0.2, 0) is 45.0 Å². The molecule has 6 aromatic rings. The number of sulfonamides is 1. The van der Waals surface area contributed by atoms with Crippen molar-refractivity contribution in [1.29, 1.82) is 0 Å². The van der Waals surface area contributed by atoms with Gasteiger partial charge in [0.2, 0.25) is 10.0 Å². The van der Waals surface area contributed by atoms with Crippen LogP contribution in [0.5, 0.6) is 0 Å². The van der Waals surface area contributed by atoms with Crippen LogP contribution in [0.2, 0.25) is 10.0 Å². The summed E-state index contributed by atoms with van der Waals surface area (Å²) in [5.74, 6) is -1.53. The van der Waals surface area contributed by atoms with Crippen LogP contribution in [0.15, 0.2) is 71.0 Å². The van der Waals surface area contributed by atoms with Gasteiger partial charge >= 0.3 is 0 Å². The maximum Gasteiger partial charge on any atom is 0.261 e. The molecule has 4 aromatic heterocycles. The Kier molecular flexibility index (Phi) is 20.0. The second-order valence-electron chi connectivity index (χ2n) is 12.7. The molecule has 0 unspecified atom stereocenters. The Bertz CT molecular complexity index is 2760. The number of aryl methyl sites for hydroxylation is 6. The molecular weight excluding hydrogens is 973 g/mol. The quantitative estimate of drug-likeness (QED) is 0.0776. The van der Waals surface area contributed by atoms with Gasteiger partial charge in [0.05, 0.1) is 71.6 Å². The van der Waals surface area contributed by atoms with E-state index in [1.54, 1.807) is 35.8 Å². The predicted molar refractivity (Wildman–Crippen MR) is 238 cm³/mol. The van der Waals surface area contributed by atoms with Crippen LogP contribution in [-0.4, -0.2) is 58.3 Å². The highest BCUT2D eigenvalue weighted by Crippen LogP contribution is 2.23. The third kappa shape index (κ3) is 15.7. The summed E-state index contributed by atoms with van der Waals surface area (Å²) in [4.78, 5) is 51.4. The number of rotatable bonds is 14. The van der Waals surface area contributed by atoms with Crippen molar-refractivity contribution < 1.29 is 35.2 Å². The van der Waals surface area contributed by atoms with Gasteiger partial charge in [-0.25, -0.2) is 50.3 Å². The summed E-state index contributed by atoms with van der Waals surface area (Å²) < 4.78 is 74.3. The van der Waals surface area contributed by atoms with Gasteiger partial charge in [0.25, 0.3) is 9.05 Å². The number of Topliss-reactive ketones (excluding diaryl/α,β-unsaturated/α-hetero) is 2. The number of hydrogen-bond acceptors (Lipinski definition) is 15. The highest BCUT2D eigenvalue weighted by Gasteiger charge is 2.18. The average Bonchev–Trinajstić information content (AvgIpc) is 3.84. The van der Waals surface area contributed by atoms with E-state index in [2.05, 4.69) is 34.6 Å². The third-order valence-corrected chi connectivity index (χ3v) is 13.5. The van der Waals surface area contributed by atoms with Crippen LogP contribution in [0.1, 0.15) is 76.4 Å². The predicted octanol–water partition coefficient (Wildman–Crippen LogP) is 8.29. The van der Waals surface area contributed by atoms with E-state index >= 15 is 0 Å². The Balaban J connectivity index is 0.000000273. The monoisotopic (exact) mass is 1010 g/mol. The van der Waals surface area contributed by atoms with Crippen LogP contribution in [0, 0.1) is 39.3 Å². The Hall–Kier alpha value is -3.96. The lowest BCUT2D eigenvalue weighted by atomic mass is 10.1. The largest absolute Gasteiger partial charge is 0.325 e. The molecule has 0 saturated heterocycles. The molecule has 0 spiro atoms. The van der Waals surface area contributed by atoms with Gasteiger partial charge in [0, 0.05) is 52.2 Å². The van der Waals surface area contributed by atoms with Crippen molar-refractivity contribution in [2.24, 2.45) is 5.73 Å². The fourth-order valence-corrected chi connectivity index (χ4v) is 8.82. The lowest BCUT2D eigenvalue weighted by molar-refractivity contribution is 0.0969. The number of thiazole rings is 2. The third-order valence-electron chi connectivity index (χ3n) is 8.20. The first-order chi connectivity index (χ1) is 28.7. The molecule has 0 bridgehead atoms. The summed E-state index contributed by atoms with van der Waals surface area (Å²) in [6, 6.07) is 6.08. The second kappa shape index (κ2) is 23.6. The summed E-state index contributed by atoms with van der Waals surface area (Å²) in [6.45, 7) is 7.53. The zero-order valence-corrected chi connectivity index (χ0v) is 39.5. The molecule has 0 fully saturated rings. The van der Waals surface area contributed by atoms with Crippen LogP contribution in [0.4, 0.5) is 8.78 Å². The zero-order valence-electron chi connectivity index (χ0n) is 33.2. The van der Waals surface area contributed by atoms with Gasteiger partial charge in [-0.15, -0.1) is 35.1 Å². The lowest BCUT2D eigenvalue weighted by Gasteiger charge is -2.09. The Labute approximate surface area is 385 Å². The highest BCUT2D eigenvalue weighted by molar-refractivity contribution is 8.13. The molecule has 0 aliphatic rings. The molecule has 62 heavy (non-hydrogen) atoms. The van der Waals surface area contributed by atoms with E-state index in [1.807, 2.05) is 27.0 Å². The molecule has 332 valence electrons. The SMILES string of the molecule is Cc1ncc(CCC(=O)c2cnc(CN)c(C)n2)s1.Cc1ncc(CCC(=O)c2cnc(CNS(=O)(=O)c3ccc(F)c(Cl)c3)c(C)n2)s1.Cl.O=S(=O)(Cl)c1ccc(F)c(Cl)c1. The van der Waals surface area contributed by atoms with Gasteiger partial charge in [-0.3, -0.25) is 19.6 Å². The summed E-state index contributed by atoms with van der Waals surface area (Å²) in [6.07, 6.45) is 8.41. The molecule has 2 aromatic carbocycles. The van der Waals surface area contributed by atoms with Gasteiger partial charge in [-0.05, 0) is 76.9 Å². The summed E-state index contributed by atoms with van der Waals surface area (Å²) in [7, 11) is -2.77. The Morgan fingerprint density at radius 1 is 0.694 bits per heavy atom. The fourth-order valence-electron chi connectivity index (χ4n) is 4.95. The van der Waals surface area contributed by atoms with E-state index in [-0.39, 0.29) is 62.5 Å². The molecule has 14 nitrogen and oxygen atoms in total. The van der Waals surface area contributed by atoms with E-state index in [1.165, 1.54) is 12.4 Å². The minimum atomic E-state index is -3.92. The standard InChI is InChI=1S/C19H18ClFN4O3S2.C13H16N4OS.C6H3Cl2FO2S.ClH/c1-11-17(10-24-30(27,28)14-4-5-16(21)15(20)7-14)23-9-18(25-11)19(26)6-3-13-8-22-12(2)29-13;1-8-11(5-14)16-7-12(17-8)13(18)4-3-10-6-15-9(2)19-10;7-5-3-4(12(8,10)11)1-2-6(5)9;/h4-5,7-9,24H,3,6,10H2,1-2H3;6-7H,3-5,14H2,1-2H3;1-3H;1H. The van der Waals surface area contributed by atoms with Crippen molar-refractivity contribution >= 4 is 99.6 Å². The molecule has 24 heteroatoms. The van der Waals surface area contributed by atoms with E-state index in [4.69, 9.17) is 39.6 Å². The molecule has 3 N–H and O–H groups in total. The summed E-state index contributed by atoms with van der Waals surface area (Å²) >= 11 is 14.1. The van der Waals surface area contributed by atoms with Gasteiger partial charge in [-0.2, -0.15) is 0 Å². The van der Waals surface area contributed by atoms with Crippen molar-refractivity contribution in [3.8, 4) is 0 Å². The maximum absolute atomic E-state index is 13.3. The van der Waals surface area contributed by atoms with Crippen molar-refractivity contribution in [2.75, 3.05) is 0 Å². The number of carbonyl (C=O) groups excluding carboxylic acids is 2. The number of ketones is 2. The minimum Gasteiger partial charge on any atom is -0.325 e. The molecule has 0 amide bonds. The van der Waals surface area contributed by atoms with Gasteiger partial charge in [0.1, 0.15) is 23.0 Å². The van der Waals surface area contributed by atoms with Gasteiger partial charge < -0.3 is 5.73 Å². The normalized spacial score (nSPS) is 11.1. The number of carbonyl (C=O) groups is 2. The number of halogens is 6. The number of aromatic nitrogens is 6. The first-order valence-corrected chi connectivity index (χ1v) is 23.9. The molecule has 4 heterocycles. The Morgan fingerprint density at radius 3 is 1.52 bits per heavy atom. The first-order valence-electron chi connectivity index (χ1n) is 17.7. The minimum absolute atomic E-state index is 0. The molecule has 0 atom stereocenters. The smallest absolute Gasteiger partial charge is 0.261 e. The molecule has 0 aliphatic heterocycles. The van der Waals surface area contributed by atoms with E-state index < -0.39 is 30.7 Å². The van der Waals surface area contributed by atoms with E-state index in [0.29, 0.717) is 42.9 Å². The topological polar surface area (TPSA) is 218 Å². The molecule has 6 rings (SSSR count). The van der Waals surface area contributed by atoms with E-state index in [9.17, 15) is 35.2 Å². The van der Waals surface area contributed by atoms with Gasteiger partial charge in [0.15, 0.2) is 11.6 Å². The maximum atomic E-state index is 13.3. The van der Waals surface area contributed by atoms with Crippen LogP contribution in [0.3, 0.4) is 0 Å². The molecule has 0 aliphatic carbocycles. The molecule has 0 radical (unpaired) electrons. The lowest BCUT2D eigenvalue weighted by Crippen LogP contribution is -2.24. The van der Waals surface area contributed by atoms with E-state index in [0.717, 1.165) is 67.6 Å². The van der Waals surface area contributed by atoms with Crippen molar-refractivity contribution in [1.82, 2.24) is 34.6 Å². The van der Waals surface area contributed by atoms with Crippen LogP contribution in [0.25, 0.3) is 0 Å². The van der Waals surface area contributed by atoms with Crippen molar-refractivity contribution in [2.45, 2.75) is 76.3 Å². The van der Waals surface area contributed by atoms with Crippen molar-refractivity contribution in [3.05, 3.63) is 137 Å². The Morgan fingerprint density at radius 2 is 1.13 bits per heavy atom. The van der Waals surface area contributed by atoms with Crippen molar-refractivity contribution in [3.63, 3.8) is 0 Å². The average molecular weight is 1010 g/mol. The van der Waals surface area contributed by atoms with Crippen LogP contribution >= 0.6 is 69.0 Å². The molecule has 0 saturated carbocycles. The van der Waals surface area contributed by atoms with Gasteiger partial charge in [-0.1, -0.05) is 23.2 Å². The zero-order chi connectivity index (χ0) is 45.1. The number of benzene rings is 2. The first kappa shape index (κ1) is 52.4. The number of hydrogen-bond donors (Lipinski definition) is 2. The highest BCUT2D eigenvalue weighted by atomic mass is 35.7. The van der Waals surface area contributed by atoms with Crippen LogP contribution < -0.4 is 10.5 Å². The summed E-state index contributed by atoms with van der Waals surface area (Å²) in [5.41, 5.74) is 8.43. The second-order valence-corrected chi connectivity index (χ2v) is 20.5. The number of nitrogens with one attached hydrogen (secondary N) is 1. The fraction of sp³-hybridized carbons (Fsp3) is 0.263. The molecular formula is C38H38Cl4F2N8O6S4.